The molecule has 0 saturated heterocycles. The summed E-state index contributed by atoms with van der Waals surface area (Å²) in [6, 6.07) is 6.34. The van der Waals surface area contributed by atoms with E-state index >= 15 is 0 Å². The highest BCUT2D eigenvalue weighted by molar-refractivity contribution is 7.89. The molecular weight excluding hydrogens is 323 g/mol. The molecule has 2 rings (SSSR count). The molecule has 0 amide bonds. The largest absolute Gasteiger partial charge is 0.396 e. The summed E-state index contributed by atoms with van der Waals surface area (Å²) in [5.41, 5.74) is 5.23. The van der Waals surface area contributed by atoms with Crippen molar-refractivity contribution < 1.29 is 12.8 Å². The van der Waals surface area contributed by atoms with Crippen LogP contribution in [0.2, 0.25) is 4.34 Å². The summed E-state index contributed by atoms with van der Waals surface area (Å²) in [6.07, 6.45) is 0. The van der Waals surface area contributed by atoms with Crippen molar-refractivity contribution in [3.63, 3.8) is 0 Å². The first-order chi connectivity index (χ1) is 9.29. The van der Waals surface area contributed by atoms with Crippen molar-refractivity contribution >= 4 is 38.6 Å². The Balaban J connectivity index is 2.24. The van der Waals surface area contributed by atoms with Crippen LogP contribution in [0.4, 0.5) is 10.1 Å². The van der Waals surface area contributed by atoms with Crippen molar-refractivity contribution in [3.05, 3.63) is 45.4 Å². The molecule has 0 aliphatic heterocycles. The van der Waals surface area contributed by atoms with Crippen molar-refractivity contribution in [2.75, 3.05) is 5.73 Å². The van der Waals surface area contributed by atoms with E-state index in [0.717, 1.165) is 10.9 Å². The molecule has 0 bridgehead atoms. The number of halogens is 2. The van der Waals surface area contributed by atoms with Gasteiger partial charge in [0.15, 0.2) is 0 Å². The van der Waals surface area contributed by atoms with Crippen molar-refractivity contribution in [2.45, 2.75) is 17.9 Å². The third kappa shape index (κ3) is 3.29. The smallest absolute Gasteiger partial charge is 0.241 e. The lowest BCUT2D eigenvalue weighted by atomic mass is 10.3. The van der Waals surface area contributed by atoms with Crippen LogP contribution in [-0.4, -0.2) is 8.42 Å². The maximum Gasteiger partial charge on any atom is 0.241 e. The molecule has 0 spiro atoms. The molecule has 4 nitrogen and oxygen atoms in total. The summed E-state index contributed by atoms with van der Waals surface area (Å²) in [7, 11) is -3.82. The van der Waals surface area contributed by atoms with Gasteiger partial charge in [0.05, 0.1) is 21.0 Å². The molecule has 2 aromatic rings. The van der Waals surface area contributed by atoms with Crippen molar-refractivity contribution in [1.29, 1.82) is 0 Å². The fraction of sp³-hybridized carbons (Fsp3) is 0.167. The molecule has 0 saturated carbocycles. The van der Waals surface area contributed by atoms with Gasteiger partial charge in [-0.3, -0.25) is 0 Å². The number of nitrogens with one attached hydrogen (secondary N) is 1. The molecule has 108 valence electrons. The molecule has 0 aliphatic rings. The summed E-state index contributed by atoms with van der Waals surface area (Å²) in [5, 5.41) is 0. The van der Waals surface area contributed by atoms with Crippen LogP contribution in [0.5, 0.6) is 0 Å². The minimum Gasteiger partial charge on any atom is -0.396 e. The fourth-order valence-electron chi connectivity index (χ4n) is 1.59. The molecule has 1 atom stereocenters. The number of nitrogens with two attached hydrogens (primary N) is 1. The Morgan fingerprint density at radius 3 is 2.60 bits per heavy atom. The molecule has 0 radical (unpaired) electrons. The summed E-state index contributed by atoms with van der Waals surface area (Å²) < 4.78 is 40.7. The molecule has 1 aromatic heterocycles. The highest BCUT2D eigenvalue weighted by Crippen LogP contribution is 2.28. The molecule has 0 aliphatic carbocycles. The van der Waals surface area contributed by atoms with Crippen LogP contribution in [0, 0.1) is 5.82 Å². The van der Waals surface area contributed by atoms with Crippen LogP contribution in [0.25, 0.3) is 0 Å². The number of hydrogen-bond acceptors (Lipinski definition) is 4. The molecular formula is C12H12ClFN2O2S2. The molecule has 8 heteroatoms. The van der Waals surface area contributed by atoms with Gasteiger partial charge in [-0.05, 0) is 37.3 Å². The van der Waals surface area contributed by atoms with Crippen LogP contribution in [0.15, 0.2) is 35.2 Å². The zero-order valence-corrected chi connectivity index (χ0v) is 12.8. The van der Waals surface area contributed by atoms with E-state index < -0.39 is 21.9 Å². The predicted octanol–water partition coefficient (Wildman–Crippen LogP) is 3.16. The van der Waals surface area contributed by atoms with E-state index in [9.17, 15) is 12.8 Å². The zero-order chi connectivity index (χ0) is 14.9. The number of rotatable bonds is 4. The van der Waals surface area contributed by atoms with Gasteiger partial charge in [-0.2, -0.15) is 0 Å². The maximum absolute atomic E-state index is 13.3. The third-order valence-electron chi connectivity index (χ3n) is 2.63. The second-order valence-electron chi connectivity index (χ2n) is 4.17. The number of anilines is 1. The SMILES string of the molecule is CC(NS(=O)(=O)c1ccc(N)c(F)c1)c1ccc(Cl)s1. The van der Waals surface area contributed by atoms with Crippen molar-refractivity contribution in [3.8, 4) is 0 Å². The quantitative estimate of drug-likeness (QED) is 0.843. The van der Waals surface area contributed by atoms with E-state index in [4.69, 9.17) is 17.3 Å². The molecule has 1 unspecified atom stereocenters. The lowest BCUT2D eigenvalue weighted by Gasteiger charge is -2.13. The summed E-state index contributed by atoms with van der Waals surface area (Å²) in [6.45, 7) is 1.69. The van der Waals surface area contributed by atoms with Crippen LogP contribution < -0.4 is 10.5 Å². The lowest BCUT2D eigenvalue weighted by molar-refractivity contribution is 0.566. The minimum absolute atomic E-state index is 0.0953. The van der Waals surface area contributed by atoms with Crippen LogP contribution >= 0.6 is 22.9 Å². The van der Waals surface area contributed by atoms with E-state index in [1.54, 1.807) is 19.1 Å². The van der Waals surface area contributed by atoms with Gasteiger partial charge in [0.2, 0.25) is 10.0 Å². The van der Waals surface area contributed by atoms with E-state index in [1.807, 2.05) is 0 Å². The number of sulfonamides is 1. The Morgan fingerprint density at radius 2 is 2.05 bits per heavy atom. The van der Waals surface area contributed by atoms with Crippen LogP contribution in [0.3, 0.4) is 0 Å². The Labute approximate surface area is 125 Å². The first-order valence-corrected chi connectivity index (χ1v) is 8.30. The van der Waals surface area contributed by atoms with Crippen LogP contribution in [0.1, 0.15) is 17.8 Å². The molecule has 20 heavy (non-hydrogen) atoms. The first kappa shape index (κ1) is 15.2. The van der Waals surface area contributed by atoms with Gasteiger partial charge < -0.3 is 5.73 Å². The van der Waals surface area contributed by atoms with Crippen molar-refractivity contribution in [1.82, 2.24) is 4.72 Å². The van der Waals surface area contributed by atoms with Gasteiger partial charge in [0.1, 0.15) is 5.82 Å². The Bertz CT molecular complexity index is 731. The van der Waals surface area contributed by atoms with E-state index in [-0.39, 0.29) is 10.6 Å². The highest BCUT2D eigenvalue weighted by Gasteiger charge is 2.20. The third-order valence-corrected chi connectivity index (χ3v) is 5.59. The van der Waals surface area contributed by atoms with Crippen molar-refractivity contribution in [2.24, 2.45) is 0 Å². The monoisotopic (exact) mass is 334 g/mol. The summed E-state index contributed by atoms with van der Waals surface area (Å²) in [4.78, 5) is 0.605. The van der Waals surface area contributed by atoms with E-state index in [2.05, 4.69) is 4.72 Å². The summed E-state index contributed by atoms with van der Waals surface area (Å²) >= 11 is 7.09. The second-order valence-corrected chi connectivity index (χ2v) is 7.63. The van der Waals surface area contributed by atoms with E-state index in [0.29, 0.717) is 4.34 Å². The maximum atomic E-state index is 13.3. The summed E-state index contributed by atoms with van der Waals surface area (Å²) in [5.74, 6) is -0.764. The minimum atomic E-state index is -3.82. The number of nitrogen functional groups attached to an aromatic ring is 1. The lowest BCUT2D eigenvalue weighted by Crippen LogP contribution is -2.26. The molecule has 3 N–H and O–H groups in total. The topological polar surface area (TPSA) is 72.2 Å². The Kier molecular flexibility index (Phi) is 4.33. The fourth-order valence-corrected chi connectivity index (χ4v) is 3.97. The van der Waals surface area contributed by atoms with Gasteiger partial charge in [-0.1, -0.05) is 11.6 Å². The number of thiophene rings is 1. The van der Waals surface area contributed by atoms with Gasteiger partial charge in [0.25, 0.3) is 0 Å². The Morgan fingerprint density at radius 1 is 1.35 bits per heavy atom. The first-order valence-electron chi connectivity index (χ1n) is 5.62. The average Bonchev–Trinajstić information content (AvgIpc) is 2.79. The Hall–Kier alpha value is -1.15. The second kappa shape index (κ2) is 5.69. The van der Waals surface area contributed by atoms with Crippen LogP contribution in [-0.2, 0) is 10.0 Å². The standard InChI is InChI=1S/C12H12ClFN2O2S2/c1-7(11-4-5-12(13)19-11)16-20(17,18)8-2-3-10(15)9(14)6-8/h2-7,16H,15H2,1H3. The zero-order valence-electron chi connectivity index (χ0n) is 10.4. The predicted molar refractivity (Wildman–Crippen MR) is 78.9 cm³/mol. The van der Waals surface area contributed by atoms with Gasteiger partial charge in [-0.15, -0.1) is 11.3 Å². The molecule has 0 fully saturated rings. The number of hydrogen-bond donors (Lipinski definition) is 2. The number of benzene rings is 1. The van der Waals surface area contributed by atoms with Gasteiger partial charge in [-0.25, -0.2) is 17.5 Å². The normalized spacial score (nSPS) is 13.3. The molecule has 1 heterocycles. The van der Waals surface area contributed by atoms with Gasteiger partial charge in [0, 0.05) is 4.88 Å². The van der Waals surface area contributed by atoms with E-state index in [1.165, 1.54) is 23.5 Å². The molecule has 1 aromatic carbocycles. The highest BCUT2D eigenvalue weighted by atomic mass is 35.5. The van der Waals surface area contributed by atoms with Gasteiger partial charge >= 0.3 is 0 Å². The average molecular weight is 335 g/mol.